The maximum Gasteiger partial charge on any atom is 0.284 e. The van der Waals surface area contributed by atoms with Crippen LogP contribution in [0.15, 0.2) is 45.8 Å². The summed E-state index contributed by atoms with van der Waals surface area (Å²) in [6, 6.07) is 11.0. The number of nitrogens with two attached hydrogens (primary N) is 2. The van der Waals surface area contributed by atoms with E-state index < -0.39 is 5.91 Å². The third-order valence-electron chi connectivity index (χ3n) is 4.10. The molecule has 7 nitrogen and oxygen atoms in total. The first-order valence-electron chi connectivity index (χ1n) is 7.97. The van der Waals surface area contributed by atoms with Crippen molar-refractivity contribution in [2.45, 2.75) is 6.54 Å². The number of carbonyl (C=O) groups excluding carboxylic acids is 1. The van der Waals surface area contributed by atoms with E-state index in [2.05, 4.69) is 9.89 Å². The van der Waals surface area contributed by atoms with E-state index in [1.165, 1.54) is 6.07 Å². The van der Waals surface area contributed by atoms with Gasteiger partial charge in [-0.3, -0.25) is 4.79 Å². The number of aliphatic imine (C=N–C) groups is 1. The monoisotopic (exact) mass is 489 g/mol. The van der Waals surface area contributed by atoms with E-state index in [4.69, 9.17) is 27.5 Å². The van der Waals surface area contributed by atoms with Crippen molar-refractivity contribution in [1.29, 1.82) is 0 Å². The van der Waals surface area contributed by atoms with Crippen LogP contribution in [0.5, 0.6) is 0 Å². The summed E-state index contributed by atoms with van der Waals surface area (Å²) >= 11 is 5.93. The fourth-order valence-corrected chi connectivity index (χ4v) is 2.83. The Labute approximate surface area is 174 Å². The molecule has 9 heteroatoms. The van der Waals surface area contributed by atoms with Gasteiger partial charge in [0.25, 0.3) is 5.91 Å². The van der Waals surface area contributed by atoms with Crippen LogP contribution in [0.1, 0.15) is 16.3 Å². The Kier molecular flexibility index (Phi) is 7.15. The van der Waals surface area contributed by atoms with Crippen LogP contribution in [0.2, 0.25) is 5.02 Å². The molecule has 0 atom stereocenters. The average molecular weight is 490 g/mol. The Hall–Kier alpha value is -1.94. The molecule has 0 saturated carbocycles. The Balaban J connectivity index is 0.00000243. The first-order chi connectivity index (χ1) is 12.0. The van der Waals surface area contributed by atoms with Gasteiger partial charge in [-0.2, -0.15) is 0 Å². The Morgan fingerprint density at radius 1 is 1.08 bits per heavy atom. The van der Waals surface area contributed by atoms with Gasteiger partial charge >= 0.3 is 0 Å². The summed E-state index contributed by atoms with van der Waals surface area (Å²) in [4.78, 5) is 19.7. The summed E-state index contributed by atoms with van der Waals surface area (Å²) in [7, 11) is 0. The Morgan fingerprint density at radius 2 is 1.73 bits per heavy atom. The van der Waals surface area contributed by atoms with Crippen LogP contribution < -0.4 is 16.4 Å². The summed E-state index contributed by atoms with van der Waals surface area (Å²) < 4.78 is 5.29. The van der Waals surface area contributed by atoms with Crippen LogP contribution >= 0.6 is 35.6 Å². The molecule has 1 aromatic carbocycles. The van der Waals surface area contributed by atoms with Crippen molar-refractivity contribution in [2.75, 3.05) is 31.1 Å². The number of anilines is 1. The summed E-state index contributed by atoms with van der Waals surface area (Å²) in [6.45, 7) is 3.54. The molecule has 0 bridgehead atoms. The van der Waals surface area contributed by atoms with E-state index in [0.717, 1.165) is 36.9 Å². The van der Waals surface area contributed by atoms with Crippen LogP contribution in [-0.2, 0) is 6.54 Å². The molecule has 1 aliphatic heterocycles. The molecule has 4 N–H and O–H groups in total. The van der Waals surface area contributed by atoms with Crippen LogP contribution in [0.25, 0.3) is 0 Å². The van der Waals surface area contributed by atoms with Crippen molar-refractivity contribution in [3.8, 4) is 0 Å². The van der Waals surface area contributed by atoms with E-state index in [1.807, 2.05) is 29.2 Å². The number of hydrogen-bond donors (Lipinski definition) is 2. The number of halogens is 2. The highest BCUT2D eigenvalue weighted by Crippen LogP contribution is 2.19. The smallest absolute Gasteiger partial charge is 0.284 e. The van der Waals surface area contributed by atoms with E-state index in [-0.39, 0.29) is 36.3 Å². The van der Waals surface area contributed by atoms with Gasteiger partial charge in [0.15, 0.2) is 11.7 Å². The number of rotatable bonds is 4. The second-order valence-corrected chi connectivity index (χ2v) is 6.19. The summed E-state index contributed by atoms with van der Waals surface area (Å²) in [5.74, 6) is 0.547. The molecule has 3 rings (SSSR count). The number of nitrogens with zero attached hydrogens (tertiary/aromatic N) is 3. The van der Waals surface area contributed by atoms with Crippen LogP contribution in [0.3, 0.4) is 0 Å². The fraction of sp³-hybridized carbons (Fsp3) is 0.294. The van der Waals surface area contributed by atoms with Crippen molar-refractivity contribution in [2.24, 2.45) is 16.5 Å². The molecule has 26 heavy (non-hydrogen) atoms. The molecular weight excluding hydrogens is 469 g/mol. The number of primary amides is 1. The number of carbonyl (C=O) groups is 1. The zero-order chi connectivity index (χ0) is 17.8. The van der Waals surface area contributed by atoms with Crippen molar-refractivity contribution in [1.82, 2.24) is 4.90 Å². The van der Waals surface area contributed by atoms with Crippen molar-refractivity contribution in [3.05, 3.63) is 52.9 Å². The van der Waals surface area contributed by atoms with E-state index >= 15 is 0 Å². The third kappa shape index (κ3) is 5.04. The fourth-order valence-electron chi connectivity index (χ4n) is 2.70. The molecule has 1 saturated heterocycles. The predicted molar refractivity (Wildman–Crippen MR) is 113 cm³/mol. The number of furan rings is 1. The summed E-state index contributed by atoms with van der Waals surface area (Å²) in [5.41, 5.74) is 12.4. The van der Waals surface area contributed by atoms with E-state index in [9.17, 15) is 4.79 Å². The maximum absolute atomic E-state index is 11.0. The minimum absolute atomic E-state index is 0. The largest absolute Gasteiger partial charge is 0.454 e. The van der Waals surface area contributed by atoms with Gasteiger partial charge in [0.05, 0.1) is 0 Å². The van der Waals surface area contributed by atoms with E-state index in [1.54, 1.807) is 6.07 Å². The van der Waals surface area contributed by atoms with Crippen molar-refractivity contribution >= 4 is 53.1 Å². The van der Waals surface area contributed by atoms with Gasteiger partial charge in [-0.25, -0.2) is 4.99 Å². The second kappa shape index (κ2) is 9.13. The minimum atomic E-state index is -0.596. The van der Waals surface area contributed by atoms with Gasteiger partial charge in [0.1, 0.15) is 12.3 Å². The van der Waals surface area contributed by atoms with Gasteiger partial charge < -0.3 is 25.7 Å². The van der Waals surface area contributed by atoms with Gasteiger partial charge in [-0.15, -0.1) is 24.0 Å². The zero-order valence-electron chi connectivity index (χ0n) is 14.1. The Bertz CT molecular complexity index is 770. The lowest BCUT2D eigenvalue weighted by molar-refractivity contribution is 0.0972. The molecule has 1 aromatic heterocycles. The standard InChI is InChI=1S/C17H20ClN5O2.HI/c18-12-1-3-13(4-2-12)22-7-9-23(10-8-22)17(20)21-11-14-5-6-15(25-14)16(19)24;/h1-6H,7-11H2,(H2,19,24)(H2,20,21);1H. The molecule has 0 unspecified atom stereocenters. The number of guanidine groups is 1. The SMILES string of the molecule is I.NC(=O)c1ccc(CN=C(N)N2CCN(c3ccc(Cl)cc3)CC2)o1. The molecule has 0 radical (unpaired) electrons. The molecule has 0 spiro atoms. The molecule has 1 fully saturated rings. The second-order valence-electron chi connectivity index (χ2n) is 5.76. The molecular formula is C17H21ClIN5O2. The zero-order valence-corrected chi connectivity index (χ0v) is 17.2. The highest BCUT2D eigenvalue weighted by atomic mass is 127. The quantitative estimate of drug-likeness (QED) is 0.390. The van der Waals surface area contributed by atoms with Gasteiger partial charge in [0, 0.05) is 36.9 Å². The van der Waals surface area contributed by atoms with Crippen LogP contribution in [0.4, 0.5) is 5.69 Å². The number of benzene rings is 1. The Morgan fingerprint density at radius 3 is 2.31 bits per heavy atom. The van der Waals surface area contributed by atoms with Crippen molar-refractivity contribution in [3.63, 3.8) is 0 Å². The lowest BCUT2D eigenvalue weighted by atomic mass is 10.2. The van der Waals surface area contributed by atoms with Gasteiger partial charge in [0.2, 0.25) is 0 Å². The minimum Gasteiger partial charge on any atom is -0.454 e. The third-order valence-corrected chi connectivity index (χ3v) is 4.35. The van der Waals surface area contributed by atoms with Gasteiger partial charge in [-0.05, 0) is 36.4 Å². The number of amides is 1. The molecule has 0 aliphatic carbocycles. The lowest BCUT2D eigenvalue weighted by Gasteiger charge is -2.36. The summed E-state index contributed by atoms with van der Waals surface area (Å²) in [6.07, 6.45) is 0. The van der Waals surface area contributed by atoms with Gasteiger partial charge in [-0.1, -0.05) is 11.6 Å². The molecule has 1 amide bonds. The highest BCUT2D eigenvalue weighted by molar-refractivity contribution is 14.0. The highest BCUT2D eigenvalue weighted by Gasteiger charge is 2.18. The average Bonchev–Trinajstić information content (AvgIpc) is 3.10. The first kappa shape index (κ1) is 20.4. The predicted octanol–water partition coefficient (Wildman–Crippen LogP) is 2.29. The molecule has 2 heterocycles. The van der Waals surface area contributed by atoms with Crippen molar-refractivity contribution < 1.29 is 9.21 Å². The molecule has 140 valence electrons. The van der Waals surface area contributed by atoms with Crippen LogP contribution in [0, 0.1) is 0 Å². The number of hydrogen-bond acceptors (Lipinski definition) is 4. The number of piperazine rings is 1. The maximum atomic E-state index is 11.0. The molecule has 1 aliphatic rings. The first-order valence-corrected chi connectivity index (χ1v) is 8.34. The van der Waals surface area contributed by atoms with Crippen LogP contribution in [-0.4, -0.2) is 42.9 Å². The topological polar surface area (TPSA) is 101 Å². The lowest BCUT2D eigenvalue weighted by Crippen LogP contribution is -2.51. The normalized spacial score (nSPS) is 14.9. The molecule has 2 aromatic rings. The summed E-state index contributed by atoms with van der Waals surface area (Å²) in [5, 5.41) is 0.733. The van der Waals surface area contributed by atoms with E-state index in [0.29, 0.717) is 11.7 Å².